The van der Waals surface area contributed by atoms with Gasteiger partial charge in [-0.2, -0.15) is 10.2 Å². The number of hydrogen-bond acceptors (Lipinski definition) is 4. The molecule has 96 valence electrons. The normalized spacial score (nSPS) is 13.4. The van der Waals surface area contributed by atoms with E-state index in [1.807, 2.05) is 6.92 Å². The van der Waals surface area contributed by atoms with E-state index in [0.29, 0.717) is 6.54 Å². The van der Waals surface area contributed by atoms with E-state index >= 15 is 0 Å². The third-order valence-electron chi connectivity index (χ3n) is 2.87. The first-order chi connectivity index (χ1) is 8.86. The molecule has 0 amide bonds. The Morgan fingerprint density at radius 2 is 2.17 bits per heavy atom. The summed E-state index contributed by atoms with van der Waals surface area (Å²) >= 11 is 1.75. The van der Waals surface area contributed by atoms with Crippen LogP contribution in [0, 0.1) is 0 Å². The molecule has 3 nitrogen and oxygen atoms in total. The minimum atomic E-state index is 0.0771. The maximum Gasteiger partial charge on any atom is 0.0972 e. The minimum absolute atomic E-state index is 0.0771. The fourth-order valence-corrected chi connectivity index (χ4v) is 3.00. The summed E-state index contributed by atoms with van der Waals surface area (Å²) in [5.41, 5.74) is 1.24. The topological polar surface area (TPSA) is 45.0 Å². The maximum atomic E-state index is 8.98. The van der Waals surface area contributed by atoms with Crippen LogP contribution in [-0.4, -0.2) is 18.3 Å². The van der Waals surface area contributed by atoms with Crippen LogP contribution in [0.4, 0.5) is 0 Å². The fraction of sp³-hybridized carbons (Fsp3) is 0.429. The van der Waals surface area contributed by atoms with Gasteiger partial charge in [0.25, 0.3) is 0 Å². The van der Waals surface area contributed by atoms with Gasteiger partial charge in [-0.25, -0.2) is 0 Å². The van der Waals surface area contributed by atoms with Crippen LogP contribution in [0.5, 0.6) is 0 Å². The summed E-state index contributed by atoms with van der Waals surface area (Å²) in [5, 5.41) is 20.9. The molecule has 4 heteroatoms. The van der Waals surface area contributed by atoms with Gasteiger partial charge in [-0.15, -0.1) is 11.3 Å². The zero-order chi connectivity index (χ0) is 12.8. The summed E-state index contributed by atoms with van der Waals surface area (Å²) in [6, 6.07) is 8.45. The van der Waals surface area contributed by atoms with Gasteiger partial charge in [-0.3, -0.25) is 0 Å². The zero-order valence-corrected chi connectivity index (χ0v) is 11.4. The molecule has 18 heavy (non-hydrogen) atoms. The van der Waals surface area contributed by atoms with Gasteiger partial charge in [0.05, 0.1) is 12.6 Å². The summed E-state index contributed by atoms with van der Waals surface area (Å²) in [6.07, 6.45) is 1.61. The number of rotatable bonds is 6. The molecule has 0 aliphatic rings. The molecule has 2 aromatic rings. The van der Waals surface area contributed by atoms with Crippen LogP contribution in [0.3, 0.4) is 0 Å². The first kappa shape index (κ1) is 13.2. The molecule has 0 radical (unpaired) electrons. The highest BCUT2D eigenvalue weighted by atomic mass is 32.1. The summed E-state index contributed by atoms with van der Waals surface area (Å²) in [5.74, 6) is 0. The van der Waals surface area contributed by atoms with Crippen molar-refractivity contribution in [3.05, 3.63) is 35.2 Å². The van der Waals surface area contributed by atoms with Crippen LogP contribution in [0.15, 0.2) is 39.9 Å². The van der Waals surface area contributed by atoms with Crippen molar-refractivity contribution in [3.8, 4) is 0 Å². The smallest absolute Gasteiger partial charge is 0.0972 e. The summed E-state index contributed by atoms with van der Waals surface area (Å²) in [6.45, 7) is 2.90. The number of thiophene rings is 1. The second-order valence-electron chi connectivity index (χ2n) is 4.14. The zero-order valence-electron chi connectivity index (χ0n) is 10.5. The van der Waals surface area contributed by atoms with Crippen molar-refractivity contribution < 1.29 is 5.11 Å². The third kappa shape index (κ3) is 2.94. The van der Waals surface area contributed by atoms with E-state index in [1.54, 1.807) is 11.3 Å². The van der Waals surface area contributed by atoms with Gasteiger partial charge in [0.15, 0.2) is 0 Å². The standard InChI is InChI=1S/C14H18N2OS/c1-2-15-16-13(7-5-9-17)12-10-18-14-8-4-3-6-11(12)14/h3-4,6,8,10,13,17H,2,5,7,9H2,1H3. The van der Waals surface area contributed by atoms with Crippen LogP contribution >= 0.6 is 11.3 Å². The number of fused-ring (bicyclic) bond motifs is 1. The first-order valence-electron chi connectivity index (χ1n) is 6.30. The first-order valence-corrected chi connectivity index (χ1v) is 7.18. The molecule has 0 fully saturated rings. The van der Waals surface area contributed by atoms with E-state index in [1.165, 1.54) is 15.6 Å². The molecule has 0 aliphatic heterocycles. The highest BCUT2D eigenvalue weighted by molar-refractivity contribution is 7.17. The van der Waals surface area contributed by atoms with Gasteiger partial charge in [-0.05, 0) is 42.2 Å². The molecule has 0 saturated heterocycles. The number of nitrogens with zero attached hydrogens (tertiary/aromatic N) is 2. The number of benzene rings is 1. The molecule has 0 saturated carbocycles. The summed E-state index contributed by atoms with van der Waals surface area (Å²) < 4.78 is 1.29. The monoisotopic (exact) mass is 262 g/mol. The Labute approximate surface area is 111 Å². The molecule has 1 aromatic carbocycles. The van der Waals surface area contributed by atoms with Gasteiger partial charge >= 0.3 is 0 Å². The lowest BCUT2D eigenvalue weighted by Crippen LogP contribution is -1.96. The van der Waals surface area contributed by atoms with Gasteiger partial charge in [0, 0.05) is 11.3 Å². The second-order valence-corrected chi connectivity index (χ2v) is 5.05. The summed E-state index contributed by atoms with van der Waals surface area (Å²) in [4.78, 5) is 0. The van der Waals surface area contributed by atoms with Crippen LogP contribution in [0.2, 0.25) is 0 Å². The predicted molar refractivity (Wildman–Crippen MR) is 76.3 cm³/mol. The van der Waals surface area contributed by atoms with Crippen molar-refractivity contribution in [1.82, 2.24) is 0 Å². The molecule has 1 N–H and O–H groups in total. The fourth-order valence-electron chi connectivity index (χ4n) is 2.00. The number of hydrogen-bond donors (Lipinski definition) is 1. The van der Waals surface area contributed by atoms with E-state index in [9.17, 15) is 0 Å². The Kier molecular flexibility index (Phi) is 4.84. The quantitative estimate of drug-likeness (QED) is 0.779. The van der Waals surface area contributed by atoms with Gasteiger partial charge in [-0.1, -0.05) is 18.2 Å². The van der Waals surface area contributed by atoms with Crippen LogP contribution in [-0.2, 0) is 0 Å². The molecule has 1 heterocycles. The Hall–Kier alpha value is -1.26. The van der Waals surface area contributed by atoms with E-state index in [2.05, 4.69) is 39.9 Å². The molecule has 1 atom stereocenters. The van der Waals surface area contributed by atoms with Crippen molar-refractivity contribution >= 4 is 21.4 Å². The van der Waals surface area contributed by atoms with Gasteiger partial charge in [0.2, 0.25) is 0 Å². The minimum Gasteiger partial charge on any atom is -0.396 e. The Bertz CT molecular complexity index is 521. The second kappa shape index (κ2) is 6.61. The lowest BCUT2D eigenvalue weighted by atomic mass is 10.0. The Morgan fingerprint density at radius 1 is 1.33 bits per heavy atom. The van der Waals surface area contributed by atoms with Crippen molar-refractivity contribution in [2.45, 2.75) is 25.8 Å². The van der Waals surface area contributed by atoms with E-state index in [4.69, 9.17) is 5.11 Å². The van der Waals surface area contributed by atoms with E-state index in [0.717, 1.165) is 12.8 Å². The van der Waals surface area contributed by atoms with Gasteiger partial charge in [0.1, 0.15) is 0 Å². The molecule has 1 aromatic heterocycles. The molecule has 0 aliphatic carbocycles. The van der Waals surface area contributed by atoms with Crippen LogP contribution < -0.4 is 0 Å². The van der Waals surface area contributed by atoms with Crippen LogP contribution in [0.25, 0.3) is 10.1 Å². The Balaban J connectivity index is 2.31. The highest BCUT2D eigenvalue weighted by Gasteiger charge is 2.14. The van der Waals surface area contributed by atoms with E-state index in [-0.39, 0.29) is 12.6 Å². The molecular formula is C14H18N2OS. The SMILES string of the molecule is CCN=NC(CCCO)c1csc2ccccc12. The molecule has 1 unspecified atom stereocenters. The Morgan fingerprint density at radius 3 is 2.94 bits per heavy atom. The molecular weight excluding hydrogens is 244 g/mol. The van der Waals surface area contributed by atoms with Crippen molar-refractivity contribution in [1.29, 1.82) is 0 Å². The molecule has 0 spiro atoms. The van der Waals surface area contributed by atoms with Crippen molar-refractivity contribution in [3.63, 3.8) is 0 Å². The molecule has 0 bridgehead atoms. The number of aliphatic hydroxyl groups is 1. The largest absolute Gasteiger partial charge is 0.396 e. The summed E-state index contributed by atoms with van der Waals surface area (Å²) in [7, 11) is 0. The van der Waals surface area contributed by atoms with Crippen LogP contribution in [0.1, 0.15) is 31.4 Å². The third-order valence-corrected chi connectivity index (χ3v) is 3.85. The lowest BCUT2D eigenvalue weighted by Gasteiger charge is -2.09. The average molecular weight is 262 g/mol. The van der Waals surface area contributed by atoms with Crippen molar-refractivity contribution in [2.75, 3.05) is 13.2 Å². The lowest BCUT2D eigenvalue weighted by molar-refractivity contribution is 0.279. The highest BCUT2D eigenvalue weighted by Crippen LogP contribution is 2.34. The van der Waals surface area contributed by atoms with E-state index < -0.39 is 0 Å². The number of azo groups is 1. The average Bonchev–Trinajstić information content (AvgIpc) is 2.83. The number of aliphatic hydroxyl groups excluding tert-OH is 1. The predicted octanol–water partition coefficient (Wildman–Crippen LogP) is 4.19. The van der Waals surface area contributed by atoms with Gasteiger partial charge < -0.3 is 5.11 Å². The van der Waals surface area contributed by atoms with Crippen molar-refractivity contribution in [2.24, 2.45) is 10.2 Å². The molecule has 2 rings (SSSR count). The maximum absolute atomic E-state index is 8.98.